The zero-order valence-electron chi connectivity index (χ0n) is 67.4. The molecule has 46 heteroatoms. The minimum atomic E-state index is -2.19. The monoisotopic (exact) mass is 1700 g/mol. The van der Waals surface area contributed by atoms with E-state index in [1.54, 1.807) is 27.7 Å². The maximum absolute atomic E-state index is 14.4. The van der Waals surface area contributed by atoms with E-state index in [9.17, 15) is 137 Å². The lowest BCUT2D eigenvalue weighted by Crippen LogP contribution is -2.61. The zero-order chi connectivity index (χ0) is 90.8. The predicted molar refractivity (Wildman–Crippen MR) is 419 cm³/mol. The third kappa shape index (κ3) is 38.4. The van der Waals surface area contributed by atoms with Crippen molar-refractivity contribution in [1.82, 2.24) is 79.8 Å². The number of nitrogens with one attached hydrogen (secondary N) is 15. The van der Waals surface area contributed by atoms with Gasteiger partial charge in [0.05, 0.1) is 58.0 Å². The summed E-state index contributed by atoms with van der Waals surface area (Å²) >= 11 is 0. The summed E-state index contributed by atoms with van der Waals surface area (Å²) < 4.78 is 0. The van der Waals surface area contributed by atoms with E-state index in [1.165, 1.54) is 62.4 Å². The summed E-state index contributed by atoms with van der Waals surface area (Å²) in [4.78, 5) is 252. The summed E-state index contributed by atoms with van der Waals surface area (Å²) in [7, 11) is 0. The number of benzene rings is 2. The maximum Gasteiger partial charge on any atom is 0.326 e. The number of hydrogen-bond acceptors (Lipinski definition) is 27. The number of carboxylic acid groups (broad SMARTS) is 3. The van der Waals surface area contributed by atoms with Gasteiger partial charge in [-0.3, -0.25) is 86.3 Å². The molecule has 0 bridgehead atoms. The highest BCUT2D eigenvalue weighted by atomic mass is 16.4. The number of carbonyl (C=O) groups excluding carboxylic acids is 16. The number of aliphatic carboxylic acids is 3. The van der Waals surface area contributed by atoms with Gasteiger partial charge in [-0.1, -0.05) is 72.2 Å². The molecule has 0 unspecified atom stereocenters. The second-order valence-electron chi connectivity index (χ2n) is 28.9. The van der Waals surface area contributed by atoms with Crippen LogP contribution >= 0.6 is 0 Å². The number of carboxylic acids is 3. The number of aromatic hydroxyl groups is 2. The Morgan fingerprint density at radius 2 is 0.792 bits per heavy atom. The molecular weight excluding hydrogens is 1590 g/mol. The topological polar surface area (TPSA) is 765 Å². The van der Waals surface area contributed by atoms with Crippen molar-refractivity contribution in [2.24, 2.45) is 35.0 Å². The molecule has 0 heterocycles. The van der Waals surface area contributed by atoms with Gasteiger partial charge >= 0.3 is 17.9 Å². The number of aliphatic hydroxyl groups excluding tert-OH is 4. The summed E-state index contributed by atoms with van der Waals surface area (Å²) in [6.45, 7) is 4.70. The van der Waals surface area contributed by atoms with Crippen molar-refractivity contribution in [3.63, 3.8) is 0 Å². The third-order valence-corrected chi connectivity index (χ3v) is 18.1. The predicted octanol–water partition coefficient (Wildman–Crippen LogP) is -9.70. The number of amides is 16. The number of nitrogens with two attached hydrogens (primary N) is 3. The van der Waals surface area contributed by atoms with Crippen LogP contribution < -0.4 is 97.0 Å². The minimum absolute atomic E-state index is 0.00984. The molecule has 16 amide bonds. The van der Waals surface area contributed by atoms with E-state index in [4.69, 9.17) is 17.2 Å². The Bertz CT molecular complexity index is 3850. The summed E-state index contributed by atoms with van der Waals surface area (Å²) in [6.07, 6.45) is -5.86. The van der Waals surface area contributed by atoms with Gasteiger partial charge in [-0.25, -0.2) is 4.79 Å². The van der Waals surface area contributed by atoms with E-state index in [0.29, 0.717) is 5.56 Å². The van der Waals surface area contributed by atoms with Crippen LogP contribution in [0.2, 0.25) is 0 Å². The molecule has 120 heavy (non-hydrogen) atoms. The molecule has 30 N–H and O–H groups in total. The largest absolute Gasteiger partial charge is 0.508 e. The van der Waals surface area contributed by atoms with Gasteiger partial charge in [-0.05, 0) is 105 Å². The number of unbranched alkanes of at least 4 members (excludes halogenated alkanes) is 1. The van der Waals surface area contributed by atoms with Crippen LogP contribution in [0, 0.1) is 17.8 Å². The first-order valence-corrected chi connectivity index (χ1v) is 38.3. The van der Waals surface area contributed by atoms with Crippen LogP contribution in [0.3, 0.4) is 0 Å². The standard InChI is InChI=1S/C74H114N18O28/c1-8-37(6)60(73(118)89-52(34-95)70(115)91-59(36(4)5)74(119)120)90-56(102)30-78-54(100)29-80-72(117)61(38(7)96)92-71(116)51(33-94)87-64(109)44(11-9-10-24-75)82-65(110)45(21-23-57(103)104)83-68(113)49(28-58(105)106)86-67(112)48(27-40-14-18-42(98)19-15-40)81-55(101)31-79-63(108)47(26-39-12-16-41(97)17-13-39)85-69(114)50(32-93)88-66(111)46(25-35(2)3)84-62(107)43(76)20-22-53(77)99/h12-19,35-38,43-52,59-61,93-98H,8-11,20-34,75-76H2,1-7H3,(H2,77,99)(H,78,100)(H,79,108)(H,80,117)(H,81,101)(H,82,110)(H,83,113)(H,84,107)(H,85,114)(H,86,112)(H,87,109)(H,88,111)(H,89,118)(H,90,102)(H,91,115)(H,92,116)(H,103,104)(H,105,106)(H,119,120)/t37-,38+,43-,44-,45-,46-,47-,48-,49-,50-,51-,52-,59-,60-,61-/m0/s1. The van der Waals surface area contributed by atoms with Gasteiger partial charge in [0.1, 0.15) is 84.0 Å². The van der Waals surface area contributed by atoms with Gasteiger partial charge in [0.15, 0.2) is 0 Å². The molecule has 2 aromatic rings. The number of phenols is 2. The fourth-order valence-electron chi connectivity index (χ4n) is 11.1. The summed E-state index contributed by atoms with van der Waals surface area (Å²) in [5.41, 5.74) is 17.3. The Kier molecular flexibility index (Phi) is 46.0. The van der Waals surface area contributed by atoms with Gasteiger partial charge in [-0.2, -0.15) is 0 Å². The van der Waals surface area contributed by atoms with E-state index in [2.05, 4.69) is 79.8 Å². The number of phenolic OH excluding ortho intramolecular Hbond substituents is 2. The maximum atomic E-state index is 14.4. The van der Waals surface area contributed by atoms with Crippen LogP contribution in [0.4, 0.5) is 0 Å². The smallest absolute Gasteiger partial charge is 0.326 e. The molecule has 0 aromatic heterocycles. The van der Waals surface area contributed by atoms with Crippen LogP contribution in [0.15, 0.2) is 48.5 Å². The summed E-state index contributed by atoms with van der Waals surface area (Å²) in [6, 6.07) is -11.9. The lowest BCUT2D eigenvalue weighted by atomic mass is 9.97. The van der Waals surface area contributed by atoms with Crippen LogP contribution in [0.1, 0.15) is 124 Å². The zero-order valence-corrected chi connectivity index (χ0v) is 67.4. The van der Waals surface area contributed by atoms with Crippen LogP contribution in [-0.4, -0.2) is 289 Å². The number of hydrogen-bond donors (Lipinski definition) is 27. The Balaban J connectivity index is 2.38. The van der Waals surface area contributed by atoms with Crippen LogP contribution in [0.25, 0.3) is 0 Å². The van der Waals surface area contributed by atoms with E-state index >= 15 is 0 Å². The number of aliphatic hydroxyl groups is 4. The van der Waals surface area contributed by atoms with E-state index < -0.39 is 274 Å². The highest BCUT2D eigenvalue weighted by Crippen LogP contribution is 2.17. The third-order valence-electron chi connectivity index (χ3n) is 18.1. The van der Waals surface area contributed by atoms with Crippen molar-refractivity contribution in [2.75, 3.05) is 46.0 Å². The van der Waals surface area contributed by atoms with Crippen LogP contribution in [0.5, 0.6) is 11.5 Å². The Morgan fingerprint density at radius 3 is 1.25 bits per heavy atom. The van der Waals surface area contributed by atoms with Gasteiger partial charge in [0, 0.05) is 25.7 Å². The second kappa shape index (κ2) is 53.2. The van der Waals surface area contributed by atoms with Gasteiger partial charge in [0.2, 0.25) is 94.5 Å². The van der Waals surface area contributed by atoms with Crippen LogP contribution in [-0.2, 0) is 104 Å². The van der Waals surface area contributed by atoms with Crippen molar-refractivity contribution in [1.29, 1.82) is 0 Å². The van der Waals surface area contributed by atoms with E-state index in [1.807, 2.05) is 0 Å². The van der Waals surface area contributed by atoms with Crippen molar-refractivity contribution in [3.05, 3.63) is 59.7 Å². The fraction of sp³-hybridized carbons (Fsp3) is 0.581. The minimum Gasteiger partial charge on any atom is -0.508 e. The van der Waals surface area contributed by atoms with Crippen molar-refractivity contribution in [2.45, 2.75) is 210 Å². The fourth-order valence-corrected chi connectivity index (χ4v) is 11.1. The molecule has 2 aromatic carbocycles. The molecule has 15 atom stereocenters. The van der Waals surface area contributed by atoms with Gasteiger partial charge in [0.25, 0.3) is 0 Å². The van der Waals surface area contributed by atoms with E-state index in [-0.39, 0.29) is 80.9 Å². The molecule has 46 nitrogen and oxygen atoms in total. The quantitative estimate of drug-likeness (QED) is 0.0274. The first-order valence-electron chi connectivity index (χ1n) is 38.3. The van der Waals surface area contributed by atoms with Gasteiger partial charge in [-0.15, -0.1) is 0 Å². The highest BCUT2D eigenvalue weighted by Gasteiger charge is 2.39. The molecule has 0 aliphatic heterocycles. The number of primary amides is 1. The average molecular weight is 1700 g/mol. The number of carbonyl (C=O) groups is 19. The highest BCUT2D eigenvalue weighted by molar-refractivity contribution is 6.01. The summed E-state index contributed by atoms with van der Waals surface area (Å²) in [5.74, 6) is -24.5. The lowest BCUT2D eigenvalue weighted by molar-refractivity contribution is -0.144. The molecule has 0 saturated carbocycles. The first kappa shape index (κ1) is 104. The van der Waals surface area contributed by atoms with Gasteiger partial charge < -0.3 is 143 Å². The molecule has 0 saturated heterocycles. The SMILES string of the molecule is CC[C@H](C)[C@H](NC(=O)CNC(=O)CNC(=O)[C@@H](NC(=O)[C@H](CO)NC(=O)[C@H](CCCCN)NC(=O)[C@H](CCC(=O)O)NC(=O)[C@H](CC(=O)O)NC(=O)[C@H](Cc1ccc(O)cc1)NC(=O)CNC(=O)[C@H](Cc1ccc(O)cc1)NC(=O)[C@H](CO)NC(=O)[C@H](CC(C)C)NC(=O)[C@@H](N)CCC(N)=O)[C@@H](C)O)C(=O)N[C@@H](CO)C(=O)N[C@H](C(=O)O)C(C)C. The Hall–Kier alpha value is -12.3. The molecule has 0 aliphatic carbocycles. The molecular formula is C74H114N18O28. The normalized spacial score (nSPS) is 14.8. The average Bonchev–Trinajstić information content (AvgIpc) is 0.879. The molecule has 0 spiro atoms. The molecule has 668 valence electrons. The summed E-state index contributed by atoms with van der Waals surface area (Å²) in [5, 5.41) is 124. The molecule has 2 rings (SSSR count). The molecule has 0 radical (unpaired) electrons. The lowest BCUT2D eigenvalue weighted by Gasteiger charge is -2.27. The van der Waals surface area contributed by atoms with Crippen molar-refractivity contribution in [3.8, 4) is 11.5 Å². The van der Waals surface area contributed by atoms with Crippen molar-refractivity contribution >= 4 is 112 Å². The molecule has 0 fully saturated rings. The molecule has 0 aliphatic rings. The Labute approximate surface area is 689 Å². The number of rotatable bonds is 56. The Morgan fingerprint density at radius 1 is 0.392 bits per heavy atom. The first-order chi connectivity index (χ1) is 56.4. The van der Waals surface area contributed by atoms with E-state index in [0.717, 1.165) is 6.92 Å². The second-order valence-corrected chi connectivity index (χ2v) is 28.9. The van der Waals surface area contributed by atoms with Crippen molar-refractivity contribution < 1.29 is 137 Å².